The van der Waals surface area contributed by atoms with Crippen LogP contribution in [-0.4, -0.2) is 52.8 Å². The van der Waals surface area contributed by atoms with Crippen LogP contribution in [0.25, 0.3) is 0 Å². The molecule has 2 aromatic carbocycles. The van der Waals surface area contributed by atoms with Gasteiger partial charge < -0.3 is 29.9 Å². The summed E-state index contributed by atoms with van der Waals surface area (Å²) < 4.78 is 5.15. The number of rotatable bonds is 12. The van der Waals surface area contributed by atoms with E-state index in [9.17, 15) is 10.3 Å². The number of hydroxylamine groups is 3. The Hall–Kier alpha value is -2.12. The molecule has 0 aliphatic heterocycles. The van der Waals surface area contributed by atoms with E-state index in [1.165, 1.54) is 5.56 Å². The van der Waals surface area contributed by atoms with Crippen molar-refractivity contribution in [3.05, 3.63) is 64.9 Å². The fourth-order valence-corrected chi connectivity index (χ4v) is 2.94. The van der Waals surface area contributed by atoms with Crippen LogP contribution in [0, 0.1) is 5.21 Å². The fraction of sp³-hybridized carbons (Fsp3) is 0.429. The topological polar surface area (TPSA) is 93.0 Å². The van der Waals surface area contributed by atoms with Crippen LogP contribution in [0.15, 0.2) is 48.5 Å². The molecule has 148 valence electrons. The lowest BCUT2D eigenvalue weighted by molar-refractivity contribution is -0.881. The Labute approximate surface area is 160 Å². The first-order valence-corrected chi connectivity index (χ1v) is 9.33. The van der Waals surface area contributed by atoms with Gasteiger partial charge in [0.15, 0.2) is 0 Å². The van der Waals surface area contributed by atoms with Gasteiger partial charge in [-0.15, -0.1) is 0 Å². The van der Waals surface area contributed by atoms with Crippen molar-refractivity contribution >= 4 is 0 Å². The number of aliphatic hydroxyl groups excluding tert-OH is 2. The average Bonchev–Trinajstić information content (AvgIpc) is 2.66. The number of aryl methyl sites for hydroxylation is 1. The smallest absolute Gasteiger partial charge is 0.120 e. The summed E-state index contributed by atoms with van der Waals surface area (Å²) in [5.41, 5.74) is 2.27. The zero-order valence-corrected chi connectivity index (χ0v) is 15.6. The Bertz CT molecular complexity index is 651. The molecule has 3 N–H and O–H groups in total. The van der Waals surface area contributed by atoms with Crippen molar-refractivity contribution in [1.82, 2.24) is 0 Å². The van der Waals surface area contributed by atoms with Gasteiger partial charge in [-0.1, -0.05) is 24.3 Å². The van der Waals surface area contributed by atoms with Crippen LogP contribution < -0.4 is 4.74 Å². The van der Waals surface area contributed by atoms with Crippen LogP contribution in [0.5, 0.6) is 11.5 Å². The maximum Gasteiger partial charge on any atom is 0.120 e. The standard InChI is InChI=1S/C21H29NO5/c23-15-13-22(26,14-16-24)12-2-1-3-18-4-6-19(7-5-18)17-27-21-10-8-20(25)9-11-21/h4-11,23-25H,1-3,12-17H2. The minimum Gasteiger partial charge on any atom is -0.633 e. The van der Waals surface area contributed by atoms with E-state index < -0.39 is 4.65 Å². The predicted molar refractivity (Wildman–Crippen MR) is 104 cm³/mol. The molecule has 0 saturated heterocycles. The maximum atomic E-state index is 12.4. The Balaban J connectivity index is 1.72. The molecule has 2 aromatic rings. The first-order valence-electron chi connectivity index (χ1n) is 9.33. The summed E-state index contributed by atoms with van der Waals surface area (Å²) in [5.74, 6) is 0.925. The van der Waals surface area contributed by atoms with Crippen LogP contribution in [-0.2, 0) is 13.0 Å². The molecule has 0 atom stereocenters. The second kappa shape index (κ2) is 10.9. The highest BCUT2D eigenvalue weighted by molar-refractivity contribution is 5.30. The van der Waals surface area contributed by atoms with Crippen molar-refractivity contribution in [2.24, 2.45) is 0 Å². The highest BCUT2D eigenvalue weighted by atomic mass is 16.5. The Morgan fingerprint density at radius 2 is 1.37 bits per heavy atom. The number of phenolic OH excluding ortho intramolecular Hbond substituents is 1. The van der Waals surface area contributed by atoms with Crippen molar-refractivity contribution < 1.29 is 24.7 Å². The average molecular weight is 375 g/mol. The van der Waals surface area contributed by atoms with Gasteiger partial charge in [0.25, 0.3) is 0 Å². The van der Waals surface area contributed by atoms with Crippen LogP contribution in [0.3, 0.4) is 0 Å². The second-order valence-corrected chi connectivity index (χ2v) is 6.73. The third-order valence-corrected chi connectivity index (χ3v) is 4.56. The Morgan fingerprint density at radius 1 is 0.778 bits per heavy atom. The van der Waals surface area contributed by atoms with Crippen molar-refractivity contribution in [3.63, 3.8) is 0 Å². The molecule has 0 unspecified atom stereocenters. The molecule has 0 spiro atoms. The zero-order chi connectivity index (χ0) is 19.5. The maximum absolute atomic E-state index is 12.4. The van der Waals surface area contributed by atoms with Gasteiger partial charge >= 0.3 is 0 Å². The number of unbranched alkanes of at least 4 members (excludes halogenated alkanes) is 1. The number of ether oxygens (including phenoxy) is 1. The predicted octanol–water partition coefficient (Wildman–Crippen LogP) is 2.59. The summed E-state index contributed by atoms with van der Waals surface area (Å²) in [7, 11) is 0. The van der Waals surface area contributed by atoms with E-state index in [-0.39, 0.29) is 32.1 Å². The second-order valence-electron chi connectivity index (χ2n) is 6.73. The number of phenols is 1. The summed E-state index contributed by atoms with van der Waals surface area (Å²) in [4.78, 5) is 0. The highest BCUT2D eigenvalue weighted by Gasteiger charge is 2.14. The van der Waals surface area contributed by atoms with Gasteiger partial charge in [0.05, 0.1) is 19.8 Å². The van der Waals surface area contributed by atoms with Crippen LogP contribution >= 0.6 is 0 Å². The molecule has 0 aliphatic carbocycles. The van der Waals surface area contributed by atoms with Gasteiger partial charge in [-0.05, 0) is 54.7 Å². The number of aromatic hydroxyl groups is 1. The molecule has 0 aliphatic rings. The molecule has 0 fully saturated rings. The number of aliphatic hydroxyl groups is 2. The quantitative estimate of drug-likeness (QED) is 0.301. The minimum absolute atomic E-state index is 0.135. The largest absolute Gasteiger partial charge is 0.633 e. The minimum atomic E-state index is -0.527. The van der Waals surface area contributed by atoms with Crippen LogP contribution in [0.1, 0.15) is 24.0 Å². The summed E-state index contributed by atoms with van der Waals surface area (Å²) >= 11 is 0. The lowest BCUT2D eigenvalue weighted by atomic mass is 10.1. The van der Waals surface area contributed by atoms with E-state index in [0.29, 0.717) is 18.9 Å². The third-order valence-electron chi connectivity index (χ3n) is 4.56. The van der Waals surface area contributed by atoms with Crippen LogP contribution in [0.4, 0.5) is 0 Å². The van der Waals surface area contributed by atoms with E-state index in [1.54, 1.807) is 24.3 Å². The number of hydrogen-bond acceptors (Lipinski definition) is 5. The first kappa shape index (κ1) is 21.2. The Kier molecular flexibility index (Phi) is 8.54. The SMILES string of the molecule is [O-][N+](CCO)(CCO)CCCCc1ccc(COc2ccc(O)cc2)cc1. The molecular formula is C21H29NO5. The van der Waals surface area contributed by atoms with Gasteiger partial charge in [0.2, 0.25) is 0 Å². The number of hydrogen-bond donors (Lipinski definition) is 3. The normalized spacial score (nSPS) is 11.5. The molecule has 0 aromatic heterocycles. The Morgan fingerprint density at radius 3 is 1.96 bits per heavy atom. The molecule has 2 rings (SSSR count). The van der Waals surface area contributed by atoms with Crippen molar-refractivity contribution in [2.75, 3.05) is 32.8 Å². The van der Waals surface area contributed by atoms with Gasteiger partial charge in [-0.2, -0.15) is 0 Å². The van der Waals surface area contributed by atoms with E-state index >= 15 is 0 Å². The summed E-state index contributed by atoms with van der Waals surface area (Å²) in [6, 6.07) is 14.8. The number of benzene rings is 2. The van der Waals surface area contributed by atoms with E-state index in [0.717, 1.165) is 24.8 Å². The molecule has 27 heavy (non-hydrogen) atoms. The fourth-order valence-electron chi connectivity index (χ4n) is 2.94. The van der Waals surface area contributed by atoms with E-state index in [1.807, 2.05) is 12.1 Å². The van der Waals surface area contributed by atoms with Crippen LogP contribution in [0.2, 0.25) is 0 Å². The van der Waals surface area contributed by atoms with Gasteiger partial charge in [0, 0.05) is 0 Å². The highest BCUT2D eigenvalue weighted by Crippen LogP contribution is 2.18. The number of nitrogens with zero attached hydrogens (tertiary/aromatic N) is 1. The first-order chi connectivity index (χ1) is 13.0. The third kappa shape index (κ3) is 7.56. The van der Waals surface area contributed by atoms with Gasteiger partial charge in [0.1, 0.15) is 31.2 Å². The molecule has 6 nitrogen and oxygen atoms in total. The van der Waals surface area contributed by atoms with E-state index in [2.05, 4.69) is 12.1 Å². The lowest BCUT2D eigenvalue weighted by Gasteiger charge is -2.42. The summed E-state index contributed by atoms with van der Waals surface area (Å²) in [5, 5.41) is 39.6. The van der Waals surface area contributed by atoms with Gasteiger partial charge in [-0.25, -0.2) is 0 Å². The number of quaternary nitrogens is 1. The molecular weight excluding hydrogens is 346 g/mol. The molecule has 0 heterocycles. The molecule has 0 bridgehead atoms. The molecule has 0 amide bonds. The monoisotopic (exact) mass is 375 g/mol. The van der Waals surface area contributed by atoms with Crippen molar-refractivity contribution in [3.8, 4) is 11.5 Å². The van der Waals surface area contributed by atoms with Crippen molar-refractivity contribution in [1.29, 1.82) is 0 Å². The lowest BCUT2D eigenvalue weighted by Crippen LogP contribution is -2.47. The van der Waals surface area contributed by atoms with Crippen molar-refractivity contribution in [2.45, 2.75) is 25.9 Å². The summed E-state index contributed by atoms with van der Waals surface area (Å²) in [6.07, 6.45) is 2.54. The van der Waals surface area contributed by atoms with E-state index in [4.69, 9.17) is 14.9 Å². The van der Waals surface area contributed by atoms with Gasteiger partial charge in [-0.3, -0.25) is 0 Å². The molecule has 6 heteroatoms. The molecule has 0 saturated carbocycles. The zero-order valence-electron chi connectivity index (χ0n) is 15.6. The molecule has 0 radical (unpaired) electrons. The summed E-state index contributed by atoms with van der Waals surface area (Å²) in [6.45, 7) is 0.837.